The summed E-state index contributed by atoms with van der Waals surface area (Å²) in [6.45, 7) is 3.63. The van der Waals surface area contributed by atoms with Crippen LogP contribution in [0.2, 0.25) is 5.02 Å². The third-order valence-electron chi connectivity index (χ3n) is 4.75. The lowest BCUT2D eigenvalue weighted by Gasteiger charge is -2.11. The van der Waals surface area contributed by atoms with Crippen molar-refractivity contribution in [3.05, 3.63) is 93.8 Å². The molecule has 3 aromatic carbocycles. The fraction of sp³-hybridized carbons (Fsp3) is 0.115. The summed E-state index contributed by atoms with van der Waals surface area (Å²) < 4.78 is 18.5. The second-order valence-corrected chi connectivity index (χ2v) is 7.88. The molecule has 34 heavy (non-hydrogen) atoms. The van der Waals surface area contributed by atoms with Gasteiger partial charge in [-0.15, -0.1) is 0 Å². The van der Waals surface area contributed by atoms with Gasteiger partial charge in [0.05, 0.1) is 5.02 Å². The fourth-order valence-corrected chi connectivity index (χ4v) is 3.30. The van der Waals surface area contributed by atoms with Crippen molar-refractivity contribution in [2.24, 2.45) is 0 Å². The van der Waals surface area contributed by atoms with Gasteiger partial charge in [-0.2, -0.15) is 5.26 Å². The molecule has 3 rings (SSSR count). The van der Waals surface area contributed by atoms with Crippen LogP contribution in [0.3, 0.4) is 0 Å². The highest BCUT2D eigenvalue weighted by Crippen LogP contribution is 2.27. The van der Waals surface area contributed by atoms with Crippen LogP contribution in [0.5, 0.6) is 5.75 Å². The quantitative estimate of drug-likeness (QED) is 0.339. The van der Waals surface area contributed by atoms with Crippen LogP contribution in [0, 0.1) is 31.0 Å². The summed E-state index contributed by atoms with van der Waals surface area (Å²) in [5.74, 6) is -1.14. The average Bonchev–Trinajstić information content (AvgIpc) is 2.80. The molecular weight excluding hydrogens is 457 g/mol. The van der Waals surface area contributed by atoms with Gasteiger partial charge in [-0.1, -0.05) is 35.4 Å². The van der Waals surface area contributed by atoms with Crippen molar-refractivity contribution in [1.82, 2.24) is 0 Å². The van der Waals surface area contributed by atoms with Gasteiger partial charge in [-0.25, -0.2) is 4.39 Å². The van der Waals surface area contributed by atoms with Crippen LogP contribution in [-0.4, -0.2) is 18.4 Å². The van der Waals surface area contributed by atoms with E-state index in [0.717, 1.165) is 11.1 Å². The number of ether oxygens (including phenoxy) is 1. The smallest absolute Gasteiger partial charge is 0.266 e. The highest BCUT2D eigenvalue weighted by Gasteiger charge is 2.12. The minimum absolute atomic E-state index is 0.165. The molecule has 3 aromatic rings. The standard InChI is InChI=1S/C26H21ClFN3O3/c1-16-3-9-23(17(2)11-16)31-25(32)15-34-24-10-4-18(13-22(24)27)12-19(14-29)26(33)30-21-7-5-20(28)6-8-21/h3-13H,15H2,1-2H3,(H,30,33)(H,31,32)/b19-12+. The molecule has 0 aliphatic carbocycles. The summed E-state index contributed by atoms with van der Waals surface area (Å²) in [7, 11) is 0. The van der Waals surface area contributed by atoms with Gasteiger partial charge in [0.25, 0.3) is 11.8 Å². The number of hydrogen-bond donors (Lipinski definition) is 2. The molecule has 0 heterocycles. The molecule has 0 bridgehead atoms. The van der Waals surface area contributed by atoms with Gasteiger partial charge < -0.3 is 15.4 Å². The molecule has 0 saturated heterocycles. The number of nitrogens with one attached hydrogen (secondary N) is 2. The molecule has 2 N–H and O–H groups in total. The molecular formula is C26H21ClFN3O3. The topological polar surface area (TPSA) is 91.2 Å². The van der Waals surface area contributed by atoms with Crippen molar-refractivity contribution in [3.63, 3.8) is 0 Å². The maximum atomic E-state index is 13.0. The summed E-state index contributed by atoms with van der Waals surface area (Å²) in [6, 6.07) is 17.4. The van der Waals surface area contributed by atoms with Gasteiger partial charge in [0.1, 0.15) is 23.2 Å². The van der Waals surface area contributed by atoms with Crippen molar-refractivity contribution < 1.29 is 18.7 Å². The van der Waals surface area contributed by atoms with Crippen molar-refractivity contribution in [1.29, 1.82) is 5.26 Å². The first-order chi connectivity index (χ1) is 16.2. The summed E-state index contributed by atoms with van der Waals surface area (Å²) in [4.78, 5) is 24.6. The Hall–Kier alpha value is -4.15. The Morgan fingerprint density at radius 3 is 2.44 bits per heavy atom. The normalized spacial score (nSPS) is 10.9. The number of rotatable bonds is 7. The molecule has 0 saturated carbocycles. The van der Waals surface area contributed by atoms with Crippen LogP contribution in [0.25, 0.3) is 6.08 Å². The number of nitriles is 1. The molecule has 8 heteroatoms. The van der Waals surface area contributed by atoms with E-state index < -0.39 is 11.7 Å². The third-order valence-corrected chi connectivity index (χ3v) is 5.04. The summed E-state index contributed by atoms with van der Waals surface area (Å²) in [6.07, 6.45) is 1.36. The number of carbonyl (C=O) groups excluding carboxylic acids is 2. The minimum Gasteiger partial charge on any atom is -0.482 e. The zero-order chi connectivity index (χ0) is 24.7. The lowest BCUT2D eigenvalue weighted by Crippen LogP contribution is -2.20. The van der Waals surface area contributed by atoms with Crippen LogP contribution in [0.15, 0.2) is 66.2 Å². The van der Waals surface area contributed by atoms with Crippen LogP contribution in [0.1, 0.15) is 16.7 Å². The molecule has 0 aliphatic rings. The molecule has 2 amide bonds. The number of hydrogen-bond acceptors (Lipinski definition) is 4. The van der Waals surface area contributed by atoms with Crippen molar-refractivity contribution in [2.45, 2.75) is 13.8 Å². The third kappa shape index (κ3) is 6.67. The van der Waals surface area contributed by atoms with E-state index in [0.29, 0.717) is 16.9 Å². The lowest BCUT2D eigenvalue weighted by molar-refractivity contribution is -0.118. The number of amides is 2. The molecule has 6 nitrogen and oxygen atoms in total. The van der Waals surface area contributed by atoms with Crippen LogP contribution in [-0.2, 0) is 9.59 Å². The minimum atomic E-state index is -0.645. The Morgan fingerprint density at radius 2 is 1.79 bits per heavy atom. The van der Waals surface area contributed by atoms with E-state index in [2.05, 4.69) is 10.6 Å². The highest BCUT2D eigenvalue weighted by atomic mass is 35.5. The molecule has 0 fully saturated rings. The first-order valence-electron chi connectivity index (χ1n) is 10.2. The monoisotopic (exact) mass is 477 g/mol. The average molecular weight is 478 g/mol. The number of nitrogens with zero attached hydrogens (tertiary/aromatic N) is 1. The van der Waals surface area contributed by atoms with Crippen LogP contribution >= 0.6 is 11.6 Å². The van der Waals surface area contributed by atoms with Gasteiger partial charge in [0.2, 0.25) is 0 Å². The number of carbonyl (C=O) groups is 2. The van der Waals surface area contributed by atoms with E-state index in [-0.39, 0.29) is 28.9 Å². The molecule has 0 aromatic heterocycles. The largest absolute Gasteiger partial charge is 0.482 e. The maximum absolute atomic E-state index is 13.0. The Labute approximate surface area is 201 Å². The Morgan fingerprint density at radius 1 is 1.06 bits per heavy atom. The zero-order valence-electron chi connectivity index (χ0n) is 18.5. The molecule has 0 atom stereocenters. The van der Waals surface area contributed by atoms with Gasteiger partial charge in [0.15, 0.2) is 6.61 Å². The predicted molar refractivity (Wildman–Crippen MR) is 130 cm³/mol. The van der Waals surface area contributed by atoms with Gasteiger partial charge in [-0.05, 0) is 73.5 Å². The molecule has 0 spiro atoms. The lowest BCUT2D eigenvalue weighted by atomic mass is 10.1. The van der Waals surface area contributed by atoms with E-state index in [4.69, 9.17) is 16.3 Å². The summed E-state index contributed by atoms with van der Waals surface area (Å²) >= 11 is 6.26. The van der Waals surface area contributed by atoms with Crippen molar-refractivity contribution >= 4 is 40.9 Å². The van der Waals surface area contributed by atoms with Crippen LogP contribution < -0.4 is 15.4 Å². The SMILES string of the molecule is Cc1ccc(NC(=O)COc2ccc(/C=C(\C#N)C(=O)Nc3ccc(F)cc3)cc2Cl)c(C)c1. The van der Waals surface area contributed by atoms with E-state index in [1.807, 2.05) is 38.1 Å². The molecule has 172 valence electrons. The van der Waals surface area contributed by atoms with E-state index >= 15 is 0 Å². The number of anilines is 2. The van der Waals surface area contributed by atoms with E-state index in [1.54, 1.807) is 12.1 Å². The maximum Gasteiger partial charge on any atom is 0.266 e. The van der Waals surface area contributed by atoms with E-state index in [1.165, 1.54) is 36.4 Å². The molecule has 0 radical (unpaired) electrons. The first kappa shape index (κ1) is 24.5. The Balaban J connectivity index is 1.63. The summed E-state index contributed by atoms with van der Waals surface area (Å²) in [5.41, 5.74) is 3.42. The Kier molecular flexibility index (Phi) is 8.01. The van der Waals surface area contributed by atoms with Gasteiger partial charge in [-0.3, -0.25) is 9.59 Å². The number of benzene rings is 3. The second kappa shape index (κ2) is 11.1. The first-order valence-corrected chi connectivity index (χ1v) is 10.6. The second-order valence-electron chi connectivity index (χ2n) is 7.48. The number of aryl methyl sites for hydroxylation is 2. The van der Waals surface area contributed by atoms with Gasteiger partial charge >= 0.3 is 0 Å². The van der Waals surface area contributed by atoms with Crippen molar-refractivity contribution in [2.75, 3.05) is 17.2 Å². The van der Waals surface area contributed by atoms with Crippen LogP contribution in [0.4, 0.5) is 15.8 Å². The predicted octanol–water partition coefficient (Wildman–Crippen LogP) is 5.66. The van der Waals surface area contributed by atoms with E-state index in [9.17, 15) is 19.2 Å². The van der Waals surface area contributed by atoms with Crippen molar-refractivity contribution in [3.8, 4) is 11.8 Å². The fourth-order valence-electron chi connectivity index (χ4n) is 3.05. The molecule has 0 aliphatic heterocycles. The zero-order valence-corrected chi connectivity index (χ0v) is 19.2. The molecule has 0 unspecified atom stereocenters. The highest BCUT2D eigenvalue weighted by molar-refractivity contribution is 6.32. The van der Waals surface area contributed by atoms with Gasteiger partial charge in [0, 0.05) is 11.4 Å². The Bertz CT molecular complexity index is 1300. The summed E-state index contributed by atoms with van der Waals surface area (Å²) in [5, 5.41) is 14.9. The number of halogens is 2.